The average molecular weight is 251 g/mol. The molecule has 0 radical (unpaired) electrons. The molecule has 1 rings (SSSR count). The Kier molecular flexibility index (Phi) is 2.98. The summed E-state index contributed by atoms with van der Waals surface area (Å²) in [6.45, 7) is 3.37. The van der Waals surface area contributed by atoms with E-state index in [1.807, 2.05) is 0 Å². The number of aromatic nitrogens is 2. The number of sulfonamides is 2. The van der Waals surface area contributed by atoms with Gasteiger partial charge in [-0.15, -0.1) is 4.13 Å². The summed E-state index contributed by atoms with van der Waals surface area (Å²) in [4.78, 5) is 6.02. The highest BCUT2D eigenvalue weighted by atomic mass is 32.3. The third kappa shape index (κ3) is 3.15. The van der Waals surface area contributed by atoms with Crippen LogP contribution in [0.1, 0.15) is 5.82 Å². The summed E-state index contributed by atoms with van der Waals surface area (Å²) >= 11 is 0. The molecule has 0 aliphatic rings. The molecule has 0 saturated heterocycles. The van der Waals surface area contributed by atoms with E-state index in [4.69, 9.17) is 0 Å². The number of aromatic amines is 1. The topological polar surface area (TPSA) is 109 Å². The van der Waals surface area contributed by atoms with E-state index in [0.717, 1.165) is 12.5 Å². The zero-order valence-electron chi connectivity index (χ0n) is 7.76. The van der Waals surface area contributed by atoms with Gasteiger partial charge in [0.1, 0.15) is 5.82 Å². The minimum atomic E-state index is -4.11. The van der Waals surface area contributed by atoms with Crippen molar-refractivity contribution < 1.29 is 16.8 Å². The molecule has 0 bridgehead atoms. The molecule has 1 aromatic rings. The van der Waals surface area contributed by atoms with Gasteiger partial charge in [-0.05, 0) is 6.08 Å². The van der Waals surface area contributed by atoms with Gasteiger partial charge in [-0.3, -0.25) is 0 Å². The van der Waals surface area contributed by atoms with Crippen molar-refractivity contribution in [3.05, 3.63) is 18.6 Å². The van der Waals surface area contributed by atoms with Crippen LogP contribution in [0.2, 0.25) is 0 Å². The molecule has 1 aromatic heterocycles. The Labute approximate surface area is 87.3 Å². The largest absolute Gasteiger partial charge is 0.328 e. The molecule has 2 N–H and O–H groups in total. The smallest absolute Gasteiger partial charge is 0.270 e. The minimum Gasteiger partial charge on any atom is -0.328 e. The predicted octanol–water partition coefficient (Wildman–Crippen LogP) is -0.709. The van der Waals surface area contributed by atoms with Crippen molar-refractivity contribution in [1.82, 2.24) is 14.1 Å². The van der Waals surface area contributed by atoms with Crippen LogP contribution in [0.3, 0.4) is 0 Å². The van der Waals surface area contributed by atoms with Crippen LogP contribution in [0.5, 0.6) is 0 Å². The van der Waals surface area contributed by atoms with Crippen LogP contribution >= 0.6 is 0 Å². The lowest BCUT2D eigenvalue weighted by Crippen LogP contribution is -2.29. The van der Waals surface area contributed by atoms with E-state index in [-0.39, 0.29) is 10.9 Å². The maximum absolute atomic E-state index is 11.4. The molecule has 1 heterocycles. The van der Waals surface area contributed by atoms with E-state index in [9.17, 15) is 16.8 Å². The van der Waals surface area contributed by atoms with E-state index in [1.165, 1.54) is 10.2 Å². The minimum absolute atomic E-state index is 0.240. The molecule has 15 heavy (non-hydrogen) atoms. The first kappa shape index (κ1) is 11.9. The molecule has 0 unspecified atom stereocenters. The zero-order chi connectivity index (χ0) is 11.7. The van der Waals surface area contributed by atoms with Gasteiger partial charge in [-0.2, -0.15) is 0 Å². The van der Waals surface area contributed by atoms with Crippen LogP contribution < -0.4 is 4.13 Å². The SMILES string of the molecule is C=Cc1ncc(S(=O)(=O)NS(C)(=O)=O)[nH]1. The molecule has 0 aliphatic heterocycles. The molecule has 0 saturated carbocycles. The first-order valence-electron chi connectivity index (χ1n) is 3.65. The van der Waals surface area contributed by atoms with Crippen LogP contribution in [0.15, 0.2) is 17.8 Å². The first-order valence-corrected chi connectivity index (χ1v) is 7.03. The summed E-state index contributed by atoms with van der Waals surface area (Å²) in [6.07, 6.45) is 3.05. The van der Waals surface area contributed by atoms with Gasteiger partial charge >= 0.3 is 0 Å². The van der Waals surface area contributed by atoms with Gasteiger partial charge in [0, 0.05) is 0 Å². The fraction of sp³-hybridized carbons (Fsp3) is 0.167. The number of hydrogen-bond donors (Lipinski definition) is 2. The van der Waals surface area contributed by atoms with Crippen LogP contribution in [0.25, 0.3) is 6.08 Å². The summed E-state index contributed by atoms with van der Waals surface area (Å²) in [6, 6.07) is 0. The fourth-order valence-corrected chi connectivity index (χ4v) is 3.19. The highest BCUT2D eigenvalue weighted by Crippen LogP contribution is 2.06. The second-order valence-electron chi connectivity index (χ2n) is 2.70. The third-order valence-corrected chi connectivity index (χ3v) is 4.19. The Balaban J connectivity index is 3.12. The summed E-state index contributed by atoms with van der Waals surface area (Å²) < 4.78 is 45.8. The van der Waals surface area contributed by atoms with Crippen molar-refractivity contribution in [2.75, 3.05) is 6.26 Å². The van der Waals surface area contributed by atoms with Crippen LogP contribution in [-0.2, 0) is 20.0 Å². The molecule has 0 fully saturated rings. The number of imidazole rings is 1. The summed E-state index contributed by atoms with van der Waals surface area (Å²) in [5.74, 6) is 0.240. The molecular weight excluding hydrogens is 242 g/mol. The van der Waals surface area contributed by atoms with Gasteiger partial charge < -0.3 is 4.98 Å². The Bertz CT molecular complexity index is 569. The summed E-state index contributed by atoms with van der Waals surface area (Å²) in [5, 5.41) is -0.331. The second-order valence-corrected chi connectivity index (χ2v) is 6.35. The van der Waals surface area contributed by atoms with E-state index < -0.39 is 20.0 Å². The van der Waals surface area contributed by atoms with E-state index in [1.54, 1.807) is 0 Å². The van der Waals surface area contributed by atoms with Gasteiger partial charge in [0.05, 0.1) is 12.5 Å². The maximum Gasteiger partial charge on any atom is 0.270 e. The summed E-state index contributed by atoms with van der Waals surface area (Å²) in [5.41, 5.74) is 0. The predicted molar refractivity (Wildman–Crippen MR) is 53.8 cm³/mol. The molecular formula is C6H9N3O4S2. The quantitative estimate of drug-likeness (QED) is 0.734. The van der Waals surface area contributed by atoms with Crippen molar-refractivity contribution in [2.45, 2.75) is 5.03 Å². The summed E-state index contributed by atoms with van der Waals surface area (Å²) in [7, 11) is -7.95. The average Bonchev–Trinajstić information content (AvgIpc) is 2.47. The Morgan fingerprint density at radius 2 is 2.07 bits per heavy atom. The molecule has 0 aliphatic carbocycles. The first-order chi connectivity index (χ1) is 6.74. The van der Waals surface area contributed by atoms with Gasteiger partial charge in [0.2, 0.25) is 10.0 Å². The Morgan fingerprint density at radius 1 is 1.47 bits per heavy atom. The number of nitrogens with zero attached hydrogens (tertiary/aromatic N) is 1. The molecule has 0 aromatic carbocycles. The molecule has 84 valence electrons. The maximum atomic E-state index is 11.4. The second kappa shape index (κ2) is 3.76. The van der Waals surface area contributed by atoms with Crippen LogP contribution in [-0.4, -0.2) is 33.1 Å². The number of hydrogen-bond acceptors (Lipinski definition) is 5. The van der Waals surface area contributed by atoms with E-state index in [0.29, 0.717) is 0 Å². The third-order valence-electron chi connectivity index (χ3n) is 1.32. The highest BCUT2D eigenvalue weighted by molar-refractivity contribution is 8.04. The molecule has 7 nitrogen and oxygen atoms in total. The zero-order valence-corrected chi connectivity index (χ0v) is 9.39. The van der Waals surface area contributed by atoms with Crippen LogP contribution in [0.4, 0.5) is 0 Å². The highest BCUT2D eigenvalue weighted by Gasteiger charge is 2.21. The van der Waals surface area contributed by atoms with Gasteiger partial charge in [-0.25, -0.2) is 21.8 Å². The monoisotopic (exact) mass is 251 g/mol. The fourth-order valence-electron chi connectivity index (χ4n) is 0.803. The van der Waals surface area contributed by atoms with E-state index in [2.05, 4.69) is 16.5 Å². The van der Waals surface area contributed by atoms with Crippen molar-refractivity contribution in [3.8, 4) is 0 Å². The molecule has 0 spiro atoms. The molecule has 0 amide bonds. The van der Waals surface area contributed by atoms with Crippen molar-refractivity contribution in [2.24, 2.45) is 0 Å². The molecule has 9 heteroatoms. The lowest BCUT2D eigenvalue weighted by molar-refractivity contribution is 0.578. The Hall–Kier alpha value is -1.19. The number of rotatable bonds is 4. The van der Waals surface area contributed by atoms with Gasteiger partial charge in [0.25, 0.3) is 10.0 Å². The van der Waals surface area contributed by atoms with Crippen molar-refractivity contribution in [3.63, 3.8) is 0 Å². The number of nitrogens with one attached hydrogen (secondary N) is 2. The van der Waals surface area contributed by atoms with Crippen molar-refractivity contribution in [1.29, 1.82) is 0 Å². The van der Waals surface area contributed by atoms with Crippen LogP contribution in [0, 0.1) is 0 Å². The lowest BCUT2D eigenvalue weighted by atomic mass is 10.6. The van der Waals surface area contributed by atoms with Gasteiger partial charge in [0.15, 0.2) is 5.03 Å². The standard InChI is InChI=1S/C6H9N3O4S2/c1-3-5-7-4-6(8-5)15(12,13)9-14(2,10)11/h3-4,9H,1H2,2H3,(H,7,8). The molecule has 0 atom stereocenters. The van der Waals surface area contributed by atoms with E-state index >= 15 is 0 Å². The normalized spacial score (nSPS) is 12.6. The Morgan fingerprint density at radius 3 is 2.47 bits per heavy atom. The number of H-pyrrole nitrogens is 1. The van der Waals surface area contributed by atoms with Gasteiger partial charge in [-0.1, -0.05) is 6.58 Å². The lowest BCUT2D eigenvalue weighted by Gasteiger charge is -2.00. The van der Waals surface area contributed by atoms with Crippen molar-refractivity contribution >= 4 is 26.1 Å².